The maximum atomic E-state index is 3.41. The van der Waals surface area contributed by atoms with Crippen molar-refractivity contribution in [1.82, 2.24) is 5.32 Å². The fourth-order valence-corrected chi connectivity index (χ4v) is 3.08. The lowest BCUT2D eigenvalue weighted by Crippen LogP contribution is -2.39. The van der Waals surface area contributed by atoms with Gasteiger partial charge in [-0.05, 0) is 62.4 Å². The fourth-order valence-electron chi connectivity index (χ4n) is 3.08. The van der Waals surface area contributed by atoms with Gasteiger partial charge in [-0.2, -0.15) is 0 Å². The number of rotatable bonds is 5. The molecule has 1 heterocycles. The molecular weight excluding hydrogens is 232 g/mol. The quantitative estimate of drug-likeness (QED) is 0.864. The van der Waals surface area contributed by atoms with Gasteiger partial charge < -0.3 is 10.2 Å². The molecule has 0 spiro atoms. The van der Waals surface area contributed by atoms with Gasteiger partial charge in [-0.25, -0.2) is 0 Å². The molecule has 2 rings (SSSR count). The van der Waals surface area contributed by atoms with Crippen molar-refractivity contribution in [3.63, 3.8) is 0 Å². The van der Waals surface area contributed by atoms with Crippen molar-refractivity contribution in [2.45, 2.75) is 59.0 Å². The van der Waals surface area contributed by atoms with Crippen LogP contribution in [0.4, 0.5) is 5.69 Å². The number of hydrogen-bond donors (Lipinski definition) is 1. The van der Waals surface area contributed by atoms with Gasteiger partial charge in [0.1, 0.15) is 0 Å². The molecule has 0 bridgehead atoms. The van der Waals surface area contributed by atoms with E-state index in [-0.39, 0.29) is 0 Å². The third-order valence-electron chi connectivity index (χ3n) is 4.32. The molecule has 0 saturated carbocycles. The maximum Gasteiger partial charge on any atom is 0.0371 e. The highest BCUT2D eigenvalue weighted by atomic mass is 15.2. The molecular formula is C17H28N2. The van der Waals surface area contributed by atoms with Gasteiger partial charge in [0.15, 0.2) is 0 Å². The van der Waals surface area contributed by atoms with Gasteiger partial charge >= 0.3 is 0 Å². The molecule has 1 aromatic rings. The summed E-state index contributed by atoms with van der Waals surface area (Å²) in [5.74, 6) is 0. The molecule has 1 aromatic carbocycles. The molecule has 1 N–H and O–H groups in total. The first-order valence-corrected chi connectivity index (χ1v) is 7.83. The minimum absolute atomic E-state index is 0.743. The van der Waals surface area contributed by atoms with Gasteiger partial charge in [0.05, 0.1) is 0 Å². The molecule has 19 heavy (non-hydrogen) atoms. The molecule has 1 atom stereocenters. The standard InChI is InChI=1S/C17H28N2/c1-4-16-8-6-7-11-19(16)17-10-9-15(13-18-5-2)14(3)12-17/h9-10,12,16,18H,4-8,11,13H2,1-3H3. The monoisotopic (exact) mass is 260 g/mol. The van der Waals surface area contributed by atoms with E-state index in [9.17, 15) is 0 Å². The van der Waals surface area contributed by atoms with Gasteiger partial charge in [0.2, 0.25) is 0 Å². The van der Waals surface area contributed by atoms with E-state index in [2.05, 4.69) is 49.2 Å². The summed E-state index contributed by atoms with van der Waals surface area (Å²) in [6.07, 6.45) is 5.36. The first kappa shape index (κ1) is 14.4. The van der Waals surface area contributed by atoms with E-state index in [0.29, 0.717) is 0 Å². The van der Waals surface area contributed by atoms with E-state index in [1.165, 1.54) is 49.0 Å². The van der Waals surface area contributed by atoms with Crippen LogP contribution < -0.4 is 10.2 Å². The number of anilines is 1. The Hall–Kier alpha value is -1.02. The highest BCUT2D eigenvalue weighted by Crippen LogP contribution is 2.28. The van der Waals surface area contributed by atoms with Gasteiger partial charge in [-0.15, -0.1) is 0 Å². The Balaban J connectivity index is 2.13. The van der Waals surface area contributed by atoms with Crippen LogP contribution in [0, 0.1) is 6.92 Å². The van der Waals surface area contributed by atoms with Gasteiger partial charge in [0, 0.05) is 24.8 Å². The molecule has 1 fully saturated rings. The van der Waals surface area contributed by atoms with Crippen molar-refractivity contribution in [1.29, 1.82) is 0 Å². The number of aryl methyl sites for hydroxylation is 1. The zero-order chi connectivity index (χ0) is 13.7. The Morgan fingerprint density at radius 3 is 2.79 bits per heavy atom. The lowest BCUT2D eigenvalue weighted by atomic mass is 9.98. The smallest absolute Gasteiger partial charge is 0.0371 e. The minimum Gasteiger partial charge on any atom is -0.369 e. The summed E-state index contributed by atoms with van der Waals surface area (Å²) in [6.45, 7) is 9.95. The molecule has 106 valence electrons. The second-order valence-electron chi connectivity index (χ2n) is 5.64. The molecule has 1 unspecified atom stereocenters. The summed E-state index contributed by atoms with van der Waals surface area (Å²) >= 11 is 0. The third kappa shape index (κ3) is 3.50. The number of piperidine rings is 1. The van der Waals surface area contributed by atoms with Crippen molar-refractivity contribution in [3.8, 4) is 0 Å². The summed E-state index contributed by atoms with van der Waals surface area (Å²) in [4.78, 5) is 2.62. The van der Waals surface area contributed by atoms with Crippen molar-refractivity contribution in [3.05, 3.63) is 29.3 Å². The summed E-state index contributed by atoms with van der Waals surface area (Å²) in [5, 5.41) is 3.41. The van der Waals surface area contributed by atoms with Gasteiger partial charge in [-0.1, -0.05) is 19.9 Å². The van der Waals surface area contributed by atoms with Crippen molar-refractivity contribution in [2.24, 2.45) is 0 Å². The van der Waals surface area contributed by atoms with Crippen molar-refractivity contribution >= 4 is 5.69 Å². The van der Waals surface area contributed by atoms with E-state index in [0.717, 1.165) is 19.1 Å². The Morgan fingerprint density at radius 1 is 1.26 bits per heavy atom. The highest BCUT2D eigenvalue weighted by Gasteiger charge is 2.21. The lowest BCUT2D eigenvalue weighted by molar-refractivity contribution is 0.450. The Labute approximate surface area is 118 Å². The molecule has 0 aromatic heterocycles. The van der Waals surface area contributed by atoms with Crippen LogP contribution in [-0.4, -0.2) is 19.1 Å². The highest BCUT2D eigenvalue weighted by molar-refractivity contribution is 5.52. The average Bonchev–Trinajstić information content (AvgIpc) is 2.46. The zero-order valence-corrected chi connectivity index (χ0v) is 12.7. The second kappa shape index (κ2) is 6.95. The van der Waals surface area contributed by atoms with Crippen LogP contribution in [-0.2, 0) is 6.54 Å². The number of nitrogens with zero attached hydrogens (tertiary/aromatic N) is 1. The molecule has 0 amide bonds. The van der Waals surface area contributed by atoms with Gasteiger partial charge in [-0.3, -0.25) is 0 Å². The molecule has 0 aliphatic carbocycles. The molecule has 0 radical (unpaired) electrons. The SMILES string of the molecule is CCNCc1ccc(N2CCCCC2CC)cc1C. The van der Waals surface area contributed by atoms with Crippen LogP contribution in [0.25, 0.3) is 0 Å². The fraction of sp³-hybridized carbons (Fsp3) is 0.647. The van der Waals surface area contributed by atoms with Crippen LogP contribution >= 0.6 is 0 Å². The van der Waals surface area contributed by atoms with Crippen LogP contribution in [0.3, 0.4) is 0 Å². The normalized spacial score (nSPS) is 19.7. The molecule has 1 aliphatic heterocycles. The van der Waals surface area contributed by atoms with Crippen molar-refractivity contribution < 1.29 is 0 Å². The number of benzene rings is 1. The first-order valence-electron chi connectivity index (χ1n) is 7.83. The van der Waals surface area contributed by atoms with E-state index in [1.807, 2.05) is 0 Å². The largest absolute Gasteiger partial charge is 0.369 e. The Bertz CT molecular complexity index is 400. The van der Waals surface area contributed by atoms with Crippen molar-refractivity contribution in [2.75, 3.05) is 18.0 Å². The maximum absolute atomic E-state index is 3.41. The van der Waals surface area contributed by atoms with Crippen LogP contribution in [0.1, 0.15) is 50.7 Å². The molecule has 1 aliphatic rings. The van der Waals surface area contributed by atoms with Crippen LogP contribution in [0.5, 0.6) is 0 Å². The molecule has 1 saturated heterocycles. The first-order chi connectivity index (χ1) is 9.26. The van der Waals surface area contributed by atoms with E-state index < -0.39 is 0 Å². The summed E-state index contributed by atoms with van der Waals surface area (Å²) < 4.78 is 0. The lowest BCUT2D eigenvalue weighted by Gasteiger charge is -2.37. The minimum atomic E-state index is 0.743. The summed E-state index contributed by atoms with van der Waals surface area (Å²) in [7, 11) is 0. The topological polar surface area (TPSA) is 15.3 Å². The van der Waals surface area contributed by atoms with Crippen LogP contribution in [0.2, 0.25) is 0 Å². The molecule has 2 heteroatoms. The van der Waals surface area contributed by atoms with E-state index >= 15 is 0 Å². The number of hydrogen-bond acceptors (Lipinski definition) is 2. The Morgan fingerprint density at radius 2 is 2.11 bits per heavy atom. The Kier molecular flexibility index (Phi) is 5.26. The average molecular weight is 260 g/mol. The van der Waals surface area contributed by atoms with Crippen LogP contribution in [0.15, 0.2) is 18.2 Å². The second-order valence-corrected chi connectivity index (χ2v) is 5.64. The molecule has 2 nitrogen and oxygen atoms in total. The number of nitrogens with one attached hydrogen (secondary N) is 1. The zero-order valence-electron chi connectivity index (χ0n) is 12.7. The third-order valence-corrected chi connectivity index (χ3v) is 4.32. The van der Waals surface area contributed by atoms with Gasteiger partial charge in [0.25, 0.3) is 0 Å². The van der Waals surface area contributed by atoms with E-state index in [4.69, 9.17) is 0 Å². The predicted molar refractivity (Wildman–Crippen MR) is 83.8 cm³/mol. The summed E-state index contributed by atoms with van der Waals surface area (Å²) in [5.41, 5.74) is 4.26. The predicted octanol–water partition coefficient (Wildman–Crippen LogP) is 3.87. The summed E-state index contributed by atoms with van der Waals surface area (Å²) in [6, 6.07) is 7.73. The van der Waals surface area contributed by atoms with E-state index in [1.54, 1.807) is 0 Å².